The number of hydrogen-bond acceptors (Lipinski definition) is 12. The third kappa shape index (κ3) is 17.8. The van der Waals surface area contributed by atoms with Gasteiger partial charge in [0.2, 0.25) is 11.8 Å². The lowest BCUT2D eigenvalue weighted by Gasteiger charge is -2.36. The molecular weight excluding hydrogens is 1170 g/mol. The van der Waals surface area contributed by atoms with Crippen LogP contribution >= 0.6 is 34.3 Å². The Kier molecular flexibility index (Phi) is 23.7. The molecule has 7 heterocycles. The van der Waals surface area contributed by atoms with Gasteiger partial charge in [-0.1, -0.05) is 74.5 Å². The number of likely N-dealkylation sites (tertiary alicyclic amines) is 2. The third-order valence-corrected chi connectivity index (χ3v) is 20.8. The molecule has 480 valence electrons. The van der Waals surface area contributed by atoms with Crippen molar-refractivity contribution < 1.29 is 38.1 Å². The van der Waals surface area contributed by atoms with Crippen LogP contribution in [0.15, 0.2) is 72.8 Å². The van der Waals surface area contributed by atoms with E-state index in [1.54, 1.807) is 0 Å². The molecule has 1 aliphatic carbocycles. The number of alkyl halides is 1. The van der Waals surface area contributed by atoms with Crippen LogP contribution in [0.2, 0.25) is 0 Å². The number of piperidine rings is 2. The fraction of sp³-hybridized carbons (Fsp3) is 0.534. The van der Waals surface area contributed by atoms with E-state index in [-0.39, 0.29) is 18.1 Å². The first-order valence-electron chi connectivity index (χ1n) is 32.2. The monoisotopic (exact) mass is 1270 g/mol. The number of hydrogen-bond donors (Lipinski definition) is 0. The van der Waals surface area contributed by atoms with Crippen molar-refractivity contribution in [2.45, 2.75) is 210 Å². The number of amides is 3. The van der Waals surface area contributed by atoms with E-state index in [0.717, 1.165) is 132 Å². The third-order valence-electron chi connectivity index (χ3n) is 17.6. The van der Waals surface area contributed by atoms with Gasteiger partial charge in [0.05, 0.1) is 18.0 Å². The number of thiophene rings is 2. The van der Waals surface area contributed by atoms with Crippen molar-refractivity contribution >= 4 is 58.2 Å². The molecule has 3 aliphatic heterocycles. The fourth-order valence-corrected chi connectivity index (χ4v) is 16.6. The lowest BCUT2D eigenvalue weighted by molar-refractivity contribution is 0.0163. The fourth-order valence-electron chi connectivity index (χ4n) is 13.1. The van der Waals surface area contributed by atoms with Crippen LogP contribution in [0.3, 0.4) is 0 Å². The highest BCUT2D eigenvalue weighted by atomic mass is 35.5. The van der Waals surface area contributed by atoms with Crippen molar-refractivity contribution in [1.82, 2.24) is 24.7 Å². The Balaban J connectivity index is 0.000000192. The average molecular weight is 1270 g/mol. The summed E-state index contributed by atoms with van der Waals surface area (Å²) in [5.41, 5.74) is 11.6. The van der Waals surface area contributed by atoms with Crippen molar-refractivity contribution in [3.63, 3.8) is 0 Å². The summed E-state index contributed by atoms with van der Waals surface area (Å²) in [5, 5.41) is 0. The lowest BCUT2D eigenvalue weighted by atomic mass is 9.80. The Morgan fingerprint density at radius 3 is 1.45 bits per heavy atom. The molecule has 2 saturated heterocycles. The van der Waals surface area contributed by atoms with E-state index in [1.165, 1.54) is 25.1 Å². The maximum absolute atomic E-state index is 14.1. The quantitative estimate of drug-likeness (QED) is 0.0913. The van der Waals surface area contributed by atoms with Crippen LogP contribution in [0.25, 0.3) is 0 Å². The van der Waals surface area contributed by atoms with E-state index in [0.29, 0.717) is 92.9 Å². The van der Waals surface area contributed by atoms with E-state index >= 15 is 0 Å². The molecule has 0 radical (unpaired) electrons. The summed E-state index contributed by atoms with van der Waals surface area (Å²) in [4.78, 5) is 71.5. The van der Waals surface area contributed by atoms with E-state index in [4.69, 9.17) is 35.5 Å². The molecule has 3 amide bonds. The van der Waals surface area contributed by atoms with Crippen molar-refractivity contribution in [3.8, 4) is 11.8 Å². The molecule has 2 aromatic carbocycles. The molecular formula is C73H96ClN5O8S2. The average Bonchev–Trinajstić information content (AvgIpc) is 1.84. The smallest absolute Gasteiger partial charge is 0.410 e. The van der Waals surface area contributed by atoms with Gasteiger partial charge >= 0.3 is 12.2 Å². The zero-order valence-corrected chi connectivity index (χ0v) is 57.8. The Hall–Kier alpha value is -6.29. The standard InChI is InChI=1S/C36H47N3O4S.C22H33NO3S.C15H16ClNO/c1-8-28(27-14-17-38(18-15-27)35(41)43-36(5,6)7)32-25(4)31-30(44-32)16-19-39(34(31)40)21-29-23(2)20-24(3)37-33(29)42-22-26-12-10-9-11-13-26;1-6-16(20-14(2)19-17(24)8-7-9-18(19)27-20)15-10-12-23(13-11-15)21(25)26-22(3,4)5;1-11-8-12(2)17-15(14(11)9-16)18-10-13-6-4-3-5-7-13/h9-13,20,27-28H,8,14-19,21-22H2,1-7H3;15-16H,6-13H2,1-5H3;3-8H,9-10H2,1-2H3. The number of pyridine rings is 2. The molecule has 6 aromatic rings. The van der Waals surface area contributed by atoms with Gasteiger partial charge in [-0.3, -0.25) is 9.59 Å². The Bertz CT molecular complexity index is 3390. The molecule has 0 spiro atoms. The second-order valence-electron chi connectivity index (χ2n) is 26.6. The van der Waals surface area contributed by atoms with E-state index < -0.39 is 11.2 Å². The van der Waals surface area contributed by atoms with Gasteiger partial charge < -0.3 is 33.6 Å². The number of rotatable bonds is 15. The summed E-state index contributed by atoms with van der Waals surface area (Å²) < 4.78 is 23.2. The molecule has 4 aliphatic rings. The number of ketones is 1. The van der Waals surface area contributed by atoms with E-state index in [1.807, 2.05) is 166 Å². The predicted octanol–water partition coefficient (Wildman–Crippen LogP) is 17.7. The lowest BCUT2D eigenvalue weighted by Crippen LogP contribution is -2.42. The van der Waals surface area contributed by atoms with Gasteiger partial charge in [-0.25, -0.2) is 19.6 Å². The zero-order chi connectivity index (χ0) is 64.3. The second kappa shape index (κ2) is 30.7. The zero-order valence-electron chi connectivity index (χ0n) is 55.4. The van der Waals surface area contributed by atoms with Crippen LogP contribution in [0.5, 0.6) is 11.8 Å². The molecule has 2 atom stereocenters. The van der Waals surface area contributed by atoms with E-state index in [2.05, 4.69) is 45.7 Å². The van der Waals surface area contributed by atoms with Crippen LogP contribution < -0.4 is 9.47 Å². The highest BCUT2D eigenvalue weighted by Gasteiger charge is 2.38. The maximum Gasteiger partial charge on any atom is 0.410 e. The number of fused-ring (bicyclic) bond motifs is 2. The number of benzene rings is 2. The van der Waals surface area contributed by atoms with Gasteiger partial charge in [0, 0.05) is 93.2 Å². The SMILES string of the molecule is CCC(c1sc2c(c1C)C(=O)CCC2)C1CCN(C(=O)OC(C)(C)C)CC1.CCC(c1sc2c(c1C)C(=O)N(Cc1c(C)cc(C)nc1OCc1ccccc1)CC2)C1CCN(C(=O)OC(C)(C)C)CC1.Cc1cc(C)c(CCl)c(OCc2ccccc2)n1. The van der Waals surface area contributed by atoms with Gasteiger partial charge in [-0.05, 0) is 204 Å². The first kappa shape index (κ1) is 68.6. The largest absolute Gasteiger partial charge is 0.473 e. The molecule has 0 N–H and O–H groups in total. The van der Waals surface area contributed by atoms with Crippen LogP contribution in [0.1, 0.15) is 215 Å². The molecule has 0 saturated carbocycles. The number of nitrogens with zero attached hydrogens (tertiary/aromatic N) is 5. The maximum atomic E-state index is 14.1. The Labute approximate surface area is 543 Å². The van der Waals surface area contributed by atoms with Crippen molar-refractivity contribution in [3.05, 3.63) is 159 Å². The first-order chi connectivity index (χ1) is 42.4. The number of carbonyl (C=O) groups is 4. The topological polar surface area (TPSA) is 141 Å². The molecule has 10 rings (SSSR count). The summed E-state index contributed by atoms with van der Waals surface area (Å²) in [7, 11) is 0. The van der Waals surface area contributed by atoms with Gasteiger partial charge in [0.15, 0.2) is 5.78 Å². The number of aromatic nitrogens is 2. The number of aryl methyl sites for hydroxylation is 5. The normalized spacial score (nSPS) is 16.3. The van der Waals surface area contributed by atoms with Crippen LogP contribution in [-0.2, 0) is 48.0 Å². The Morgan fingerprint density at radius 2 is 1.02 bits per heavy atom. The second-order valence-corrected chi connectivity index (χ2v) is 29.1. The van der Waals surface area contributed by atoms with Gasteiger partial charge in [-0.2, -0.15) is 0 Å². The Morgan fingerprint density at radius 1 is 0.596 bits per heavy atom. The summed E-state index contributed by atoms with van der Waals surface area (Å²) in [6, 6.07) is 24.2. The molecule has 2 unspecified atom stereocenters. The summed E-state index contributed by atoms with van der Waals surface area (Å²) >= 11 is 9.67. The molecule has 4 aromatic heterocycles. The van der Waals surface area contributed by atoms with Gasteiger partial charge in [0.1, 0.15) is 24.4 Å². The van der Waals surface area contributed by atoms with Crippen LogP contribution in [0, 0.1) is 53.4 Å². The van der Waals surface area contributed by atoms with E-state index in [9.17, 15) is 19.2 Å². The van der Waals surface area contributed by atoms with Crippen molar-refractivity contribution in [2.24, 2.45) is 11.8 Å². The molecule has 13 nitrogen and oxygen atoms in total. The predicted molar refractivity (Wildman–Crippen MR) is 359 cm³/mol. The number of carbonyl (C=O) groups excluding carboxylic acids is 4. The van der Waals surface area contributed by atoms with Crippen LogP contribution in [-0.4, -0.2) is 92.5 Å². The first-order valence-corrected chi connectivity index (χ1v) is 34.4. The summed E-state index contributed by atoms with van der Waals surface area (Å²) in [6.45, 7) is 33.4. The molecule has 89 heavy (non-hydrogen) atoms. The van der Waals surface area contributed by atoms with Crippen molar-refractivity contribution in [1.29, 1.82) is 0 Å². The summed E-state index contributed by atoms with van der Waals surface area (Å²) in [6.07, 6.45) is 9.23. The van der Waals surface area contributed by atoms with Gasteiger partial charge in [0.25, 0.3) is 5.91 Å². The van der Waals surface area contributed by atoms with Crippen LogP contribution in [0.4, 0.5) is 9.59 Å². The minimum Gasteiger partial charge on any atom is -0.473 e. The number of Topliss-reactive ketones (excluding diaryl/α,β-unsaturated/α-hetero) is 1. The minimum absolute atomic E-state index is 0.106. The molecule has 16 heteroatoms. The molecule has 2 fully saturated rings. The van der Waals surface area contributed by atoms with Crippen molar-refractivity contribution in [2.75, 3.05) is 32.7 Å². The highest BCUT2D eigenvalue weighted by Crippen LogP contribution is 2.46. The summed E-state index contributed by atoms with van der Waals surface area (Å²) in [5.74, 6) is 4.05. The highest BCUT2D eigenvalue weighted by molar-refractivity contribution is 7.13. The minimum atomic E-state index is -0.487. The number of ether oxygens (including phenoxy) is 4. The van der Waals surface area contributed by atoms with Gasteiger partial charge in [-0.15, -0.1) is 34.3 Å². The molecule has 0 bridgehead atoms. The number of halogens is 1.